The van der Waals surface area contributed by atoms with Crippen molar-refractivity contribution in [3.63, 3.8) is 0 Å². The Balaban J connectivity index is 1.34. The van der Waals surface area contributed by atoms with E-state index in [0.717, 1.165) is 31.6 Å². The predicted molar refractivity (Wildman–Crippen MR) is 91.4 cm³/mol. The van der Waals surface area contributed by atoms with E-state index in [2.05, 4.69) is 22.0 Å². The monoisotopic (exact) mass is 320 g/mol. The lowest BCUT2D eigenvalue weighted by Gasteiger charge is -2.32. The molecule has 3 aliphatic rings. The standard InChI is InChI=1S/C17H28N4S/c1-13-2-3-15-16(10-13)22-17(19-15)12-20-7-4-14(11-20)21-8-5-18-6-9-21/h13-14,18H,2-12H2,1H3. The van der Waals surface area contributed by atoms with Gasteiger partial charge in [-0.2, -0.15) is 0 Å². The summed E-state index contributed by atoms with van der Waals surface area (Å²) in [6, 6.07) is 0.775. The molecule has 0 aromatic carbocycles. The molecule has 5 heteroatoms. The van der Waals surface area contributed by atoms with Crippen molar-refractivity contribution in [2.75, 3.05) is 39.3 Å². The molecule has 0 spiro atoms. The van der Waals surface area contributed by atoms with E-state index in [4.69, 9.17) is 4.98 Å². The molecule has 1 aromatic heterocycles. The summed E-state index contributed by atoms with van der Waals surface area (Å²) in [6.45, 7) is 10.7. The van der Waals surface area contributed by atoms with Crippen LogP contribution in [0, 0.1) is 5.92 Å². The van der Waals surface area contributed by atoms with Gasteiger partial charge in [-0.1, -0.05) is 6.92 Å². The zero-order valence-electron chi connectivity index (χ0n) is 13.7. The SMILES string of the molecule is CC1CCc2nc(CN3CCC(N4CCNCC4)C3)sc2C1. The minimum atomic E-state index is 0.775. The quantitative estimate of drug-likeness (QED) is 0.919. The van der Waals surface area contributed by atoms with Crippen LogP contribution in [-0.4, -0.2) is 60.1 Å². The third kappa shape index (κ3) is 3.23. The third-order valence-electron chi connectivity index (χ3n) is 5.50. The summed E-state index contributed by atoms with van der Waals surface area (Å²) < 4.78 is 0. The number of nitrogens with one attached hydrogen (secondary N) is 1. The molecule has 1 N–H and O–H groups in total. The highest BCUT2D eigenvalue weighted by molar-refractivity contribution is 7.11. The Morgan fingerprint density at radius 3 is 2.95 bits per heavy atom. The van der Waals surface area contributed by atoms with E-state index in [0.29, 0.717) is 0 Å². The normalized spacial score (nSPS) is 30.6. The average molecular weight is 321 g/mol. The maximum atomic E-state index is 4.94. The number of likely N-dealkylation sites (tertiary alicyclic amines) is 1. The summed E-state index contributed by atoms with van der Waals surface area (Å²) in [5.74, 6) is 0.852. The van der Waals surface area contributed by atoms with Crippen LogP contribution in [0.15, 0.2) is 0 Å². The lowest BCUT2D eigenvalue weighted by Crippen LogP contribution is -2.49. The first-order valence-electron chi connectivity index (χ1n) is 8.92. The Kier molecular flexibility index (Phi) is 4.49. The molecule has 0 bridgehead atoms. The number of nitrogens with zero attached hydrogens (tertiary/aromatic N) is 3. The Morgan fingerprint density at radius 1 is 1.23 bits per heavy atom. The van der Waals surface area contributed by atoms with E-state index in [9.17, 15) is 0 Å². The fourth-order valence-electron chi connectivity index (χ4n) is 4.15. The van der Waals surface area contributed by atoms with Crippen molar-refractivity contribution in [1.29, 1.82) is 0 Å². The van der Waals surface area contributed by atoms with Crippen molar-refractivity contribution in [2.24, 2.45) is 5.92 Å². The highest BCUT2D eigenvalue weighted by Gasteiger charge is 2.29. The summed E-state index contributed by atoms with van der Waals surface area (Å²) in [7, 11) is 0. The van der Waals surface area contributed by atoms with Gasteiger partial charge in [0.05, 0.1) is 12.2 Å². The van der Waals surface area contributed by atoms with Gasteiger partial charge in [0.15, 0.2) is 0 Å². The number of aryl methyl sites for hydroxylation is 1. The zero-order valence-corrected chi connectivity index (χ0v) is 14.5. The maximum Gasteiger partial charge on any atom is 0.107 e. The van der Waals surface area contributed by atoms with E-state index in [1.807, 2.05) is 11.3 Å². The number of piperazine rings is 1. The molecule has 2 unspecified atom stereocenters. The van der Waals surface area contributed by atoms with Crippen LogP contribution in [-0.2, 0) is 19.4 Å². The fourth-order valence-corrected chi connectivity index (χ4v) is 5.47. The van der Waals surface area contributed by atoms with E-state index < -0.39 is 0 Å². The van der Waals surface area contributed by atoms with Gasteiger partial charge in [0.1, 0.15) is 5.01 Å². The van der Waals surface area contributed by atoms with Crippen LogP contribution >= 0.6 is 11.3 Å². The first-order chi connectivity index (χ1) is 10.8. The molecule has 1 aromatic rings. The fraction of sp³-hybridized carbons (Fsp3) is 0.824. The van der Waals surface area contributed by atoms with Crippen molar-refractivity contribution in [1.82, 2.24) is 20.1 Å². The largest absolute Gasteiger partial charge is 0.314 e. The first-order valence-corrected chi connectivity index (χ1v) is 9.74. The zero-order chi connectivity index (χ0) is 14.9. The van der Waals surface area contributed by atoms with Gasteiger partial charge in [-0.05, 0) is 31.6 Å². The van der Waals surface area contributed by atoms with E-state index >= 15 is 0 Å². The van der Waals surface area contributed by atoms with Gasteiger partial charge in [0.2, 0.25) is 0 Å². The van der Waals surface area contributed by atoms with Crippen molar-refractivity contribution in [3.05, 3.63) is 15.6 Å². The van der Waals surface area contributed by atoms with Gasteiger partial charge in [-0.25, -0.2) is 4.98 Å². The van der Waals surface area contributed by atoms with Gasteiger partial charge < -0.3 is 5.32 Å². The number of thiazole rings is 1. The number of rotatable bonds is 3. The Morgan fingerprint density at radius 2 is 2.09 bits per heavy atom. The molecule has 2 fully saturated rings. The number of fused-ring (bicyclic) bond motifs is 1. The van der Waals surface area contributed by atoms with Gasteiger partial charge >= 0.3 is 0 Å². The molecular weight excluding hydrogens is 292 g/mol. The van der Waals surface area contributed by atoms with Crippen LogP contribution in [0.5, 0.6) is 0 Å². The number of aromatic nitrogens is 1. The van der Waals surface area contributed by atoms with Crippen LogP contribution in [0.4, 0.5) is 0 Å². The van der Waals surface area contributed by atoms with E-state index in [1.165, 1.54) is 62.6 Å². The molecule has 3 heterocycles. The second-order valence-electron chi connectivity index (χ2n) is 7.29. The molecule has 22 heavy (non-hydrogen) atoms. The highest BCUT2D eigenvalue weighted by Crippen LogP contribution is 2.30. The summed E-state index contributed by atoms with van der Waals surface area (Å²) >= 11 is 1.99. The third-order valence-corrected chi connectivity index (χ3v) is 6.61. The summed E-state index contributed by atoms with van der Waals surface area (Å²) in [5.41, 5.74) is 1.41. The Labute approximate surface area is 137 Å². The maximum absolute atomic E-state index is 4.94. The van der Waals surface area contributed by atoms with E-state index in [-0.39, 0.29) is 0 Å². The number of hydrogen-bond donors (Lipinski definition) is 1. The van der Waals surface area contributed by atoms with Gasteiger partial charge in [0, 0.05) is 50.2 Å². The molecule has 2 saturated heterocycles. The average Bonchev–Trinajstić information content (AvgIpc) is 3.14. The van der Waals surface area contributed by atoms with Crippen molar-refractivity contribution in [2.45, 2.75) is 45.2 Å². The second-order valence-corrected chi connectivity index (χ2v) is 8.46. The molecule has 0 radical (unpaired) electrons. The van der Waals surface area contributed by atoms with Crippen LogP contribution < -0.4 is 5.32 Å². The van der Waals surface area contributed by atoms with Gasteiger partial charge in [-0.15, -0.1) is 11.3 Å². The Hall–Kier alpha value is -0.490. The molecular formula is C17H28N4S. The molecule has 4 rings (SSSR count). The molecule has 0 amide bonds. The molecule has 122 valence electrons. The minimum Gasteiger partial charge on any atom is -0.314 e. The summed E-state index contributed by atoms with van der Waals surface area (Å²) in [6.07, 6.45) is 5.12. The predicted octanol–water partition coefficient (Wildman–Crippen LogP) is 1.75. The lowest BCUT2D eigenvalue weighted by atomic mass is 9.93. The van der Waals surface area contributed by atoms with Crippen molar-refractivity contribution >= 4 is 11.3 Å². The minimum absolute atomic E-state index is 0.775. The molecule has 2 aliphatic heterocycles. The lowest BCUT2D eigenvalue weighted by molar-refractivity contribution is 0.170. The van der Waals surface area contributed by atoms with Crippen molar-refractivity contribution < 1.29 is 0 Å². The van der Waals surface area contributed by atoms with Crippen LogP contribution in [0.2, 0.25) is 0 Å². The smallest absolute Gasteiger partial charge is 0.107 e. The summed E-state index contributed by atoms with van der Waals surface area (Å²) in [4.78, 5) is 11.8. The van der Waals surface area contributed by atoms with Crippen molar-refractivity contribution in [3.8, 4) is 0 Å². The number of hydrogen-bond acceptors (Lipinski definition) is 5. The van der Waals surface area contributed by atoms with Crippen LogP contribution in [0.25, 0.3) is 0 Å². The van der Waals surface area contributed by atoms with Crippen LogP contribution in [0.3, 0.4) is 0 Å². The van der Waals surface area contributed by atoms with Gasteiger partial charge in [-0.3, -0.25) is 9.80 Å². The highest BCUT2D eigenvalue weighted by atomic mass is 32.1. The molecule has 2 atom stereocenters. The molecule has 4 nitrogen and oxygen atoms in total. The summed E-state index contributed by atoms with van der Waals surface area (Å²) in [5, 5.41) is 4.82. The first kappa shape index (κ1) is 15.1. The van der Waals surface area contributed by atoms with Gasteiger partial charge in [0.25, 0.3) is 0 Å². The van der Waals surface area contributed by atoms with E-state index in [1.54, 1.807) is 4.88 Å². The Bertz CT molecular complexity index is 509. The second kappa shape index (κ2) is 6.56. The van der Waals surface area contributed by atoms with Crippen LogP contribution in [0.1, 0.15) is 35.3 Å². The topological polar surface area (TPSA) is 31.4 Å². The molecule has 1 aliphatic carbocycles. The molecule has 0 saturated carbocycles.